The Balaban J connectivity index is 2.42. The van der Waals surface area contributed by atoms with Gasteiger partial charge >= 0.3 is 0 Å². The third kappa shape index (κ3) is 3.03. The molecule has 0 saturated carbocycles. The van der Waals surface area contributed by atoms with Crippen LogP contribution in [0.15, 0.2) is 24.4 Å². The molecule has 1 aromatic heterocycles. The van der Waals surface area contributed by atoms with Crippen LogP contribution in [0.1, 0.15) is 21.7 Å². The molecule has 6 heteroatoms. The van der Waals surface area contributed by atoms with Crippen molar-refractivity contribution in [3.05, 3.63) is 41.3 Å². The van der Waals surface area contributed by atoms with E-state index in [4.69, 9.17) is 5.73 Å². The summed E-state index contributed by atoms with van der Waals surface area (Å²) < 4.78 is 0. The number of rotatable bonds is 3. The predicted molar refractivity (Wildman–Crippen MR) is 79.0 cm³/mol. The Labute approximate surface area is 116 Å². The van der Waals surface area contributed by atoms with Crippen molar-refractivity contribution in [1.29, 1.82) is 0 Å². The lowest BCUT2D eigenvalue weighted by Gasteiger charge is -2.11. The second-order valence-corrected chi connectivity index (χ2v) is 4.61. The number of hydrogen-bond acceptors (Lipinski definition) is 5. The summed E-state index contributed by atoms with van der Waals surface area (Å²) in [5, 5.41) is 2.65. The number of benzene rings is 1. The van der Waals surface area contributed by atoms with Crippen LogP contribution in [0.4, 0.5) is 17.2 Å². The summed E-state index contributed by atoms with van der Waals surface area (Å²) in [6.07, 6.45) is 1.45. The molecule has 2 rings (SSSR count). The first-order valence-electron chi connectivity index (χ1n) is 5.67. The van der Waals surface area contributed by atoms with E-state index in [1.54, 1.807) is 6.92 Å². The number of nitrogens with zero attached hydrogens (tertiary/aromatic N) is 2. The van der Waals surface area contributed by atoms with Crippen LogP contribution in [0, 0.1) is 13.8 Å². The zero-order chi connectivity index (χ0) is 14.0. The van der Waals surface area contributed by atoms with Gasteiger partial charge in [0.2, 0.25) is 5.12 Å². The lowest BCUT2D eigenvalue weighted by atomic mass is 10.2. The first-order chi connectivity index (χ1) is 8.97. The monoisotopic (exact) mass is 274 g/mol. The standard InChI is InChI=1S/C13H14N4OS/c1-7-3-4-11(10(14)5-7)17-12-9(13(18)19)6-15-8(2)16-12/h3-6H,14H2,1-2H3,(H,18,19)(H,15,16,17). The summed E-state index contributed by atoms with van der Waals surface area (Å²) in [5.74, 6) is 0.967. The number of aryl methyl sites for hydroxylation is 2. The van der Waals surface area contributed by atoms with Gasteiger partial charge in [-0.1, -0.05) is 6.07 Å². The Bertz CT molecular complexity index is 643. The molecular formula is C13H14N4OS. The van der Waals surface area contributed by atoms with Crippen molar-refractivity contribution in [2.45, 2.75) is 13.8 Å². The average molecular weight is 274 g/mol. The van der Waals surface area contributed by atoms with Gasteiger partial charge in [0.1, 0.15) is 11.6 Å². The average Bonchev–Trinajstić information content (AvgIpc) is 2.32. The van der Waals surface area contributed by atoms with E-state index in [1.807, 2.05) is 25.1 Å². The molecule has 0 radical (unpaired) electrons. The summed E-state index contributed by atoms with van der Waals surface area (Å²) in [6.45, 7) is 3.70. The smallest absolute Gasteiger partial charge is 0.221 e. The van der Waals surface area contributed by atoms with Crippen molar-refractivity contribution >= 4 is 34.9 Å². The van der Waals surface area contributed by atoms with Crippen LogP contribution in [0.5, 0.6) is 0 Å². The van der Waals surface area contributed by atoms with Gasteiger partial charge in [-0.25, -0.2) is 9.97 Å². The Kier molecular flexibility index (Phi) is 3.71. The van der Waals surface area contributed by atoms with Crippen molar-refractivity contribution in [3.63, 3.8) is 0 Å². The summed E-state index contributed by atoms with van der Waals surface area (Å²) in [5.41, 5.74) is 8.59. The van der Waals surface area contributed by atoms with Crippen molar-refractivity contribution in [2.75, 3.05) is 11.1 Å². The number of nitrogens with two attached hydrogens (primary N) is 1. The van der Waals surface area contributed by atoms with Crippen LogP contribution < -0.4 is 11.1 Å². The molecular weight excluding hydrogens is 260 g/mol. The number of thiol groups is 1. The maximum atomic E-state index is 11.4. The highest BCUT2D eigenvalue weighted by atomic mass is 32.1. The van der Waals surface area contributed by atoms with E-state index < -0.39 is 5.12 Å². The number of nitrogens with one attached hydrogen (secondary N) is 1. The van der Waals surface area contributed by atoms with Crippen LogP contribution in [-0.2, 0) is 0 Å². The largest absolute Gasteiger partial charge is 0.397 e. The summed E-state index contributed by atoms with van der Waals surface area (Å²) in [7, 11) is 0. The number of carbonyl (C=O) groups excluding carboxylic acids is 1. The van der Waals surface area contributed by atoms with Crippen LogP contribution in [-0.4, -0.2) is 15.1 Å². The van der Waals surface area contributed by atoms with E-state index in [1.165, 1.54) is 6.20 Å². The molecule has 0 aliphatic heterocycles. The van der Waals surface area contributed by atoms with Crippen LogP contribution >= 0.6 is 12.6 Å². The molecule has 5 nitrogen and oxygen atoms in total. The number of nitrogen functional groups attached to an aromatic ring is 1. The van der Waals surface area contributed by atoms with Gasteiger partial charge in [0.05, 0.1) is 16.9 Å². The van der Waals surface area contributed by atoms with E-state index >= 15 is 0 Å². The van der Waals surface area contributed by atoms with Crippen molar-refractivity contribution in [3.8, 4) is 0 Å². The van der Waals surface area contributed by atoms with E-state index in [2.05, 4.69) is 27.9 Å². The highest BCUT2D eigenvalue weighted by Crippen LogP contribution is 2.25. The number of carbonyl (C=O) groups is 1. The second-order valence-electron chi connectivity index (χ2n) is 4.20. The molecule has 1 heterocycles. The van der Waals surface area contributed by atoms with Gasteiger partial charge in [-0.05, 0) is 31.5 Å². The number of hydrogen-bond donors (Lipinski definition) is 3. The number of aromatic nitrogens is 2. The molecule has 0 bridgehead atoms. The maximum absolute atomic E-state index is 11.4. The molecule has 1 aromatic carbocycles. The Morgan fingerprint density at radius 3 is 2.74 bits per heavy atom. The van der Waals surface area contributed by atoms with E-state index in [9.17, 15) is 4.79 Å². The third-order valence-corrected chi connectivity index (χ3v) is 2.84. The molecule has 0 spiro atoms. The molecule has 98 valence electrons. The minimum Gasteiger partial charge on any atom is -0.397 e. The van der Waals surface area contributed by atoms with Gasteiger partial charge < -0.3 is 11.1 Å². The Morgan fingerprint density at radius 1 is 1.37 bits per heavy atom. The first-order valence-corrected chi connectivity index (χ1v) is 6.12. The summed E-state index contributed by atoms with van der Waals surface area (Å²) in [6, 6.07) is 5.61. The lowest BCUT2D eigenvalue weighted by Crippen LogP contribution is -2.06. The topological polar surface area (TPSA) is 80.9 Å². The minimum absolute atomic E-state index is 0.314. The van der Waals surface area contributed by atoms with Gasteiger partial charge in [0.25, 0.3) is 0 Å². The molecule has 0 amide bonds. The zero-order valence-electron chi connectivity index (χ0n) is 10.6. The third-order valence-electron chi connectivity index (χ3n) is 2.60. The van der Waals surface area contributed by atoms with E-state index in [0.29, 0.717) is 28.6 Å². The van der Waals surface area contributed by atoms with Gasteiger partial charge in [0, 0.05) is 6.20 Å². The van der Waals surface area contributed by atoms with E-state index in [0.717, 1.165) is 5.56 Å². The molecule has 3 N–H and O–H groups in total. The molecule has 0 saturated heterocycles. The molecule has 0 atom stereocenters. The van der Waals surface area contributed by atoms with Crippen molar-refractivity contribution in [1.82, 2.24) is 9.97 Å². The van der Waals surface area contributed by atoms with Gasteiger partial charge in [-0.3, -0.25) is 4.79 Å². The van der Waals surface area contributed by atoms with Crippen LogP contribution in [0.3, 0.4) is 0 Å². The Morgan fingerprint density at radius 2 is 2.11 bits per heavy atom. The van der Waals surface area contributed by atoms with Crippen LogP contribution in [0.25, 0.3) is 0 Å². The quantitative estimate of drug-likeness (QED) is 0.592. The summed E-state index contributed by atoms with van der Waals surface area (Å²) in [4.78, 5) is 19.6. The predicted octanol–water partition coefficient (Wildman–Crippen LogP) is 2.49. The van der Waals surface area contributed by atoms with Gasteiger partial charge in [0.15, 0.2) is 0 Å². The molecule has 19 heavy (non-hydrogen) atoms. The van der Waals surface area contributed by atoms with Gasteiger partial charge in [-0.2, -0.15) is 0 Å². The number of anilines is 3. The highest BCUT2D eigenvalue weighted by Gasteiger charge is 2.12. The fourth-order valence-corrected chi connectivity index (χ4v) is 1.81. The van der Waals surface area contributed by atoms with Crippen molar-refractivity contribution in [2.24, 2.45) is 0 Å². The Hall–Kier alpha value is -2.08. The first kappa shape index (κ1) is 13.4. The highest BCUT2D eigenvalue weighted by molar-refractivity contribution is 7.97. The van der Waals surface area contributed by atoms with Gasteiger partial charge in [-0.15, -0.1) is 12.6 Å². The second kappa shape index (κ2) is 5.27. The molecule has 0 unspecified atom stereocenters. The van der Waals surface area contributed by atoms with Crippen molar-refractivity contribution < 1.29 is 4.79 Å². The molecule has 0 fully saturated rings. The van der Waals surface area contributed by atoms with E-state index in [-0.39, 0.29) is 0 Å². The minimum atomic E-state index is -0.395. The summed E-state index contributed by atoms with van der Waals surface area (Å²) >= 11 is 3.81. The molecule has 0 aliphatic rings. The lowest BCUT2D eigenvalue weighted by molar-refractivity contribution is 0.109. The fraction of sp³-hybridized carbons (Fsp3) is 0.154. The maximum Gasteiger partial charge on any atom is 0.221 e. The normalized spacial score (nSPS) is 10.3. The fourth-order valence-electron chi connectivity index (χ4n) is 1.65. The molecule has 2 aromatic rings. The zero-order valence-corrected chi connectivity index (χ0v) is 11.5. The van der Waals surface area contributed by atoms with Crippen LogP contribution in [0.2, 0.25) is 0 Å². The SMILES string of the molecule is Cc1ccc(Nc2nc(C)ncc2C(=O)S)c(N)c1. The molecule has 0 aliphatic carbocycles.